The first-order chi connectivity index (χ1) is 14.0. The number of carbonyl (C=O) groups excluding carboxylic acids is 1. The van der Waals surface area contributed by atoms with Crippen LogP contribution in [0.5, 0.6) is 0 Å². The third kappa shape index (κ3) is 4.40. The molecule has 0 atom stereocenters. The average molecular weight is 416 g/mol. The lowest BCUT2D eigenvalue weighted by atomic mass is 9.89. The van der Waals surface area contributed by atoms with E-state index in [4.69, 9.17) is 16.6 Å². The van der Waals surface area contributed by atoms with Crippen LogP contribution in [-0.4, -0.2) is 21.9 Å². The van der Waals surface area contributed by atoms with Crippen molar-refractivity contribution in [2.45, 2.75) is 72.3 Å². The van der Waals surface area contributed by atoms with Crippen molar-refractivity contribution in [3.63, 3.8) is 0 Å². The Morgan fingerprint density at radius 3 is 2.59 bits per heavy atom. The molecule has 0 fully saturated rings. The van der Waals surface area contributed by atoms with Crippen LogP contribution < -0.4 is 10.9 Å². The number of fused-ring (bicyclic) bond motifs is 1. The second kappa shape index (κ2) is 9.57. The smallest absolute Gasteiger partial charge is 0.277 e. The van der Waals surface area contributed by atoms with Crippen molar-refractivity contribution in [3.05, 3.63) is 44.3 Å². The predicted octanol–water partition coefficient (Wildman–Crippen LogP) is 5.27. The number of ketones is 1. The van der Waals surface area contributed by atoms with Crippen LogP contribution in [0, 0.1) is 0 Å². The standard InChI is InChI=1S/C23H30ClN3O2/c1-4-7-8-12-25-21-19(5-2)26-22(27(6-3)23(21)29)17-13-15-10-9-11-20(28)16(15)14-18(17)24/h13-14,25H,4-12H2,1-3H3. The van der Waals surface area contributed by atoms with Crippen molar-refractivity contribution < 1.29 is 4.79 Å². The lowest BCUT2D eigenvalue weighted by Crippen LogP contribution is -2.28. The Balaban J connectivity index is 2.09. The van der Waals surface area contributed by atoms with Gasteiger partial charge in [0.2, 0.25) is 0 Å². The van der Waals surface area contributed by atoms with Crippen LogP contribution in [0.15, 0.2) is 16.9 Å². The Bertz CT molecular complexity index is 966. The van der Waals surface area contributed by atoms with Gasteiger partial charge in [-0.05, 0) is 50.3 Å². The summed E-state index contributed by atoms with van der Waals surface area (Å²) >= 11 is 6.57. The van der Waals surface area contributed by atoms with E-state index in [1.165, 1.54) is 0 Å². The Morgan fingerprint density at radius 2 is 1.90 bits per heavy atom. The number of nitrogens with zero attached hydrogens (tertiary/aromatic N) is 2. The molecule has 0 saturated heterocycles. The van der Waals surface area contributed by atoms with Crippen LogP contribution in [-0.2, 0) is 19.4 Å². The normalized spacial score (nSPS) is 13.4. The first kappa shape index (κ1) is 21.6. The van der Waals surface area contributed by atoms with Crippen LogP contribution in [0.3, 0.4) is 0 Å². The first-order valence-electron chi connectivity index (χ1n) is 10.7. The second-order valence-electron chi connectivity index (χ2n) is 7.56. The number of nitrogens with one attached hydrogen (secondary N) is 1. The van der Waals surface area contributed by atoms with Gasteiger partial charge < -0.3 is 5.32 Å². The molecule has 1 aliphatic carbocycles. The zero-order valence-electron chi connectivity index (χ0n) is 17.6. The van der Waals surface area contributed by atoms with Gasteiger partial charge in [0.1, 0.15) is 11.5 Å². The summed E-state index contributed by atoms with van der Waals surface area (Å²) in [5, 5.41) is 3.79. The summed E-state index contributed by atoms with van der Waals surface area (Å²) in [4.78, 5) is 30.3. The number of rotatable bonds is 8. The van der Waals surface area contributed by atoms with E-state index in [2.05, 4.69) is 12.2 Å². The van der Waals surface area contributed by atoms with E-state index >= 15 is 0 Å². The minimum absolute atomic E-state index is 0.0595. The van der Waals surface area contributed by atoms with Gasteiger partial charge in [0.05, 0.1) is 10.7 Å². The largest absolute Gasteiger partial charge is 0.379 e. The molecule has 0 unspecified atom stereocenters. The van der Waals surface area contributed by atoms with Crippen molar-refractivity contribution in [1.82, 2.24) is 9.55 Å². The molecular weight excluding hydrogens is 386 g/mol. The van der Waals surface area contributed by atoms with E-state index < -0.39 is 0 Å². The molecule has 6 heteroatoms. The van der Waals surface area contributed by atoms with Crippen LogP contribution in [0.25, 0.3) is 11.4 Å². The van der Waals surface area contributed by atoms with Gasteiger partial charge in [-0.3, -0.25) is 14.2 Å². The number of benzene rings is 1. The fourth-order valence-electron chi connectivity index (χ4n) is 3.95. The van der Waals surface area contributed by atoms with Crippen LogP contribution in [0.1, 0.15) is 74.5 Å². The van der Waals surface area contributed by atoms with Gasteiger partial charge in [-0.25, -0.2) is 4.98 Å². The number of anilines is 1. The molecule has 0 spiro atoms. The minimum Gasteiger partial charge on any atom is -0.379 e. The lowest BCUT2D eigenvalue weighted by Gasteiger charge is -2.20. The average Bonchev–Trinajstić information content (AvgIpc) is 2.72. The summed E-state index contributed by atoms with van der Waals surface area (Å²) in [7, 11) is 0. The molecule has 2 aromatic rings. The number of aromatic nitrogens is 2. The molecule has 1 heterocycles. The Labute approximate surface area is 177 Å². The topological polar surface area (TPSA) is 64.0 Å². The van der Waals surface area contributed by atoms with Gasteiger partial charge in [-0.2, -0.15) is 0 Å². The highest BCUT2D eigenvalue weighted by molar-refractivity contribution is 6.33. The molecule has 5 nitrogen and oxygen atoms in total. The highest BCUT2D eigenvalue weighted by Gasteiger charge is 2.23. The van der Waals surface area contributed by atoms with E-state index in [0.717, 1.165) is 55.5 Å². The zero-order chi connectivity index (χ0) is 21.0. The maximum atomic E-state index is 13.3. The molecule has 0 aliphatic heterocycles. The molecule has 0 radical (unpaired) electrons. The summed E-state index contributed by atoms with van der Waals surface area (Å²) < 4.78 is 1.68. The molecule has 0 amide bonds. The molecular formula is C23H30ClN3O2. The molecule has 29 heavy (non-hydrogen) atoms. The molecule has 0 saturated carbocycles. The number of halogens is 1. The van der Waals surface area contributed by atoms with Crippen LogP contribution >= 0.6 is 11.6 Å². The van der Waals surface area contributed by atoms with Gasteiger partial charge in [-0.1, -0.05) is 38.3 Å². The summed E-state index contributed by atoms with van der Waals surface area (Å²) in [5.41, 5.74) is 3.73. The van der Waals surface area contributed by atoms with Crippen LogP contribution in [0.2, 0.25) is 5.02 Å². The van der Waals surface area contributed by atoms with Gasteiger partial charge in [-0.15, -0.1) is 0 Å². The highest BCUT2D eigenvalue weighted by atomic mass is 35.5. The monoisotopic (exact) mass is 415 g/mol. The van der Waals surface area contributed by atoms with Gasteiger partial charge in [0, 0.05) is 30.6 Å². The van der Waals surface area contributed by atoms with Crippen molar-refractivity contribution in [3.8, 4) is 11.4 Å². The van der Waals surface area contributed by atoms with Crippen molar-refractivity contribution in [2.24, 2.45) is 0 Å². The maximum absolute atomic E-state index is 13.3. The molecule has 156 valence electrons. The molecule has 1 aromatic heterocycles. The van der Waals surface area contributed by atoms with E-state index in [9.17, 15) is 9.59 Å². The van der Waals surface area contributed by atoms with E-state index in [0.29, 0.717) is 41.5 Å². The fraction of sp³-hybridized carbons (Fsp3) is 0.522. The van der Waals surface area contributed by atoms with Crippen molar-refractivity contribution in [1.29, 1.82) is 0 Å². The lowest BCUT2D eigenvalue weighted by molar-refractivity contribution is 0.0972. The summed E-state index contributed by atoms with van der Waals surface area (Å²) in [6, 6.07) is 3.71. The molecule has 1 N–H and O–H groups in total. The van der Waals surface area contributed by atoms with E-state index in [1.54, 1.807) is 10.6 Å². The summed E-state index contributed by atoms with van der Waals surface area (Å²) in [6.45, 7) is 7.37. The molecule has 1 aromatic carbocycles. The Morgan fingerprint density at radius 1 is 1.10 bits per heavy atom. The molecule has 0 bridgehead atoms. The quantitative estimate of drug-likeness (QED) is 0.596. The zero-order valence-corrected chi connectivity index (χ0v) is 18.4. The van der Waals surface area contributed by atoms with Gasteiger partial charge in [0.25, 0.3) is 5.56 Å². The third-order valence-corrected chi connectivity index (χ3v) is 5.87. The Hall–Kier alpha value is -2.14. The predicted molar refractivity (Wildman–Crippen MR) is 119 cm³/mol. The molecule has 3 rings (SSSR count). The number of hydrogen-bond acceptors (Lipinski definition) is 4. The van der Waals surface area contributed by atoms with Crippen molar-refractivity contribution >= 4 is 23.1 Å². The number of aryl methyl sites for hydroxylation is 2. The van der Waals surface area contributed by atoms with Gasteiger partial charge in [0.15, 0.2) is 5.78 Å². The SMILES string of the molecule is CCCCCNc1c(CC)nc(-c2cc3c(cc2Cl)C(=O)CCC3)n(CC)c1=O. The summed E-state index contributed by atoms with van der Waals surface area (Å²) in [5.74, 6) is 0.723. The second-order valence-corrected chi connectivity index (χ2v) is 7.97. The number of hydrogen-bond donors (Lipinski definition) is 1. The van der Waals surface area contributed by atoms with Gasteiger partial charge >= 0.3 is 0 Å². The molecule has 1 aliphatic rings. The van der Waals surface area contributed by atoms with Crippen LogP contribution in [0.4, 0.5) is 5.69 Å². The number of Topliss-reactive ketones (excluding diaryl/α,β-unsaturated/α-hetero) is 1. The van der Waals surface area contributed by atoms with Crippen molar-refractivity contribution in [2.75, 3.05) is 11.9 Å². The maximum Gasteiger partial charge on any atom is 0.277 e. The Kier molecular flexibility index (Phi) is 7.12. The van der Waals surface area contributed by atoms with E-state index in [1.807, 2.05) is 19.9 Å². The first-order valence-corrected chi connectivity index (χ1v) is 11.1. The summed E-state index contributed by atoms with van der Waals surface area (Å²) in [6.07, 6.45) is 6.21. The minimum atomic E-state index is -0.0595. The third-order valence-electron chi connectivity index (χ3n) is 5.56. The number of carbonyl (C=O) groups is 1. The van der Waals surface area contributed by atoms with E-state index in [-0.39, 0.29) is 11.3 Å². The fourth-order valence-corrected chi connectivity index (χ4v) is 4.20. The number of unbranched alkanes of at least 4 members (excludes halogenated alkanes) is 2. The highest BCUT2D eigenvalue weighted by Crippen LogP contribution is 2.33.